The summed E-state index contributed by atoms with van der Waals surface area (Å²) in [4.78, 5) is 0. The van der Waals surface area contributed by atoms with Crippen molar-refractivity contribution in [2.45, 2.75) is 6.42 Å². The molecule has 1 N–H and O–H groups in total. The SMILES string of the molecule is C=COC(=C)CCO. The zero-order chi connectivity index (χ0) is 6.41. The third-order valence-corrected chi connectivity index (χ3v) is 0.641. The fourth-order valence-electron chi connectivity index (χ4n) is 0.301. The summed E-state index contributed by atoms with van der Waals surface area (Å²) in [7, 11) is 0. The van der Waals surface area contributed by atoms with Gasteiger partial charge in [-0.2, -0.15) is 0 Å². The second-order valence-corrected chi connectivity index (χ2v) is 1.30. The molecule has 2 nitrogen and oxygen atoms in total. The smallest absolute Gasteiger partial charge is 0.0983 e. The van der Waals surface area contributed by atoms with Crippen molar-refractivity contribution in [3.8, 4) is 0 Å². The van der Waals surface area contributed by atoms with E-state index in [1.165, 1.54) is 6.26 Å². The Labute approximate surface area is 49.1 Å². The van der Waals surface area contributed by atoms with Gasteiger partial charge in [-0.25, -0.2) is 0 Å². The van der Waals surface area contributed by atoms with Crippen molar-refractivity contribution in [3.63, 3.8) is 0 Å². The zero-order valence-corrected chi connectivity index (χ0v) is 4.76. The number of rotatable bonds is 4. The lowest BCUT2D eigenvalue weighted by molar-refractivity contribution is 0.257. The highest BCUT2D eigenvalue weighted by atomic mass is 16.5. The molecule has 0 aromatic heterocycles. The van der Waals surface area contributed by atoms with Crippen molar-refractivity contribution in [1.82, 2.24) is 0 Å². The van der Waals surface area contributed by atoms with Gasteiger partial charge in [-0.05, 0) is 0 Å². The second-order valence-electron chi connectivity index (χ2n) is 1.30. The van der Waals surface area contributed by atoms with E-state index in [2.05, 4.69) is 13.2 Å². The predicted molar refractivity (Wildman–Crippen MR) is 32.1 cm³/mol. The Kier molecular flexibility index (Phi) is 3.98. The zero-order valence-electron chi connectivity index (χ0n) is 4.76. The second kappa shape index (κ2) is 4.40. The lowest BCUT2D eigenvalue weighted by Crippen LogP contribution is -1.87. The summed E-state index contributed by atoms with van der Waals surface area (Å²) in [5.41, 5.74) is 0. The Bertz CT molecular complexity index is 86.5. The van der Waals surface area contributed by atoms with Crippen molar-refractivity contribution < 1.29 is 9.84 Å². The van der Waals surface area contributed by atoms with Gasteiger partial charge in [-0.3, -0.25) is 0 Å². The summed E-state index contributed by atoms with van der Waals surface area (Å²) in [6, 6.07) is 0. The van der Waals surface area contributed by atoms with Crippen molar-refractivity contribution in [3.05, 3.63) is 25.2 Å². The molecule has 0 aliphatic carbocycles. The Morgan fingerprint density at radius 1 is 1.75 bits per heavy atom. The number of aliphatic hydroxyl groups is 1. The van der Waals surface area contributed by atoms with Gasteiger partial charge in [0.2, 0.25) is 0 Å². The van der Waals surface area contributed by atoms with Gasteiger partial charge in [-0.15, -0.1) is 0 Å². The maximum absolute atomic E-state index is 8.29. The Morgan fingerprint density at radius 2 is 2.38 bits per heavy atom. The third-order valence-electron chi connectivity index (χ3n) is 0.641. The van der Waals surface area contributed by atoms with E-state index in [0.29, 0.717) is 12.2 Å². The van der Waals surface area contributed by atoms with E-state index in [1.807, 2.05) is 0 Å². The fourth-order valence-corrected chi connectivity index (χ4v) is 0.301. The number of hydrogen-bond acceptors (Lipinski definition) is 2. The average Bonchev–Trinajstić information content (AvgIpc) is 1.68. The molecule has 0 amide bonds. The van der Waals surface area contributed by atoms with E-state index in [1.54, 1.807) is 0 Å². The van der Waals surface area contributed by atoms with Crippen molar-refractivity contribution in [2.24, 2.45) is 0 Å². The van der Waals surface area contributed by atoms with Crippen LogP contribution in [0.3, 0.4) is 0 Å². The molecule has 0 saturated heterocycles. The molecular weight excluding hydrogens is 104 g/mol. The van der Waals surface area contributed by atoms with E-state index in [9.17, 15) is 0 Å². The molecule has 0 aromatic rings. The van der Waals surface area contributed by atoms with E-state index in [0.717, 1.165) is 0 Å². The number of hydrogen-bond donors (Lipinski definition) is 1. The average molecular weight is 114 g/mol. The first kappa shape index (κ1) is 7.24. The van der Waals surface area contributed by atoms with E-state index >= 15 is 0 Å². The molecule has 0 unspecified atom stereocenters. The minimum Gasteiger partial charge on any atom is -0.471 e. The van der Waals surface area contributed by atoms with E-state index < -0.39 is 0 Å². The highest BCUT2D eigenvalue weighted by Crippen LogP contribution is 1.97. The molecule has 0 heterocycles. The predicted octanol–water partition coefficient (Wildman–Crippen LogP) is 1.04. The molecule has 0 bridgehead atoms. The van der Waals surface area contributed by atoms with Crippen LogP contribution in [-0.2, 0) is 4.74 Å². The van der Waals surface area contributed by atoms with Crippen LogP contribution >= 0.6 is 0 Å². The van der Waals surface area contributed by atoms with E-state index in [-0.39, 0.29) is 6.61 Å². The first-order valence-corrected chi connectivity index (χ1v) is 2.37. The Balaban J connectivity index is 3.18. The van der Waals surface area contributed by atoms with Crippen LogP contribution in [-0.4, -0.2) is 11.7 Å². The highest BCUT2D eigenvalue weighted by molar-refractivity contribution is 4.83. The molecule has 0 saturated carbocycles. The van der Waals surface area contributed by atoms with Crippen molar-refractivity contribution >= 4 is 0 Å². The molecule has 0 aliphatic heterocycles. The van der Waals surface area contributed by atoms with Crippen LogP contribution in [0.1, 0.15) is 6.42 Å². The van der Waals surface area contributed by atoms with Crippen LogP contribution in [0.5, 0.6) is 0 Å². The summed E-state index contributed by atoms with van der Waals surface area (Å²) in [5, 5.41) is 8.29. The quantitative estimate of drug-likeness (QED) is 0.553. The van der Waals surface area contributed by atoms with Crippen LogP contribution in [0.2, 0.25) is 0 Å². The Hall–Kier alpha value is -0.760. The Morgan fingerprint density at radius 3 is 2.75 bits per heavy atom. The lowest BCUT2D eigenvalue weighted by Gasteiger charge is -1.98. The minimum absolute atomic E-state index is 0.0761. The number of aliphatic hydroxyl groups excluding tert-OH is 1. The molecule has 0 fully saturated rings. The maximum Gasteiger partial charge on any atom is 0.0983 e. The van der Waals surface area contributed by atoms with Gasteiger partial charge in [0.25, 0.3) is 0 Å². The lowest BCUT2D eigenvalue weighted by atomic mass is 10.4. The molecule has 0 aliphatic rings. The van der Waals surface area contributed by atoms with Gasteiger partial charge in [0.1, 0.15) is 0 Å². The van der Waals surface area contributed by atoms with Gasteiger partial charge in [0, 0.05) is 6.42 Å². The van der Waals surface area contributed by atoms with Gasteiger partial charge < -0.3 is 9.84 Å². The molecule has 0 rings (SSSR count). The third kappa shape index (κ3) is 3.43. The molecule has 46 valence electrons. The van der Waals surface area contributed by atoms with Crippen LogP contribution in [0.4, 0.5) is 0 Å². The summed E-state index contributed by atoms with van der Waals surface area (Å²) < 4.78 is 4.69. The van der Waals surface area contributed by atoms with Crippen LogP contribution in [0, 0.1) is 0 Å². The standard InChI is InChI=1S/C6H10O2/c1-3-8-6(2)4-5-7/h3,7H,1-2,4-5H2. The van der Waals surface area contributed by atoms with Crippen molar-refractivity contribution in [1.29, 1.82) is 0 Å². The van der Waals surface area contributed by atoms with Crippen molar-refractivity contribution in [2.75, 3.05) is 6.61 Å². The molecular formula is C6H10O2. The topological polar surface area (TPSA) is 29.5 Å². The van der Waals surface area contributed by atoms with Crippen LogP contribution < -0.4 is 0 Å². The maximum atomic E-state index is 8.29. The van der Waals surface area contributed by atoms with E-state index in [4.69, 9.17) is 9.84 Å². The fraction of sp³-hybridized carbons (Fsp3) is 0.333. The molecule has 0 aromatic carbocycles. The molecule has 2 heteroatoms. The summed E-state index contributed by atoms with van der Waals surface area (Å²) in [5.74, 6) is 0.544. The van der Waals surface area contributed by atoms with Gasteiger partial charge in [0.15, 0.2) is 0 Å². The largest absolute Gasteiger partial charge is 0.471 e. The highest BCUT2D eigenvalue weighted by Gasteiger charge is 1.87. The first-order chi connectivity index (χ1) is 3.81. The summed E-state index contributed by atoms with van der Waals surface area (Å²) in [6.07, 6.45) is 1.77. The number of ether oxygens (including phenoxy) is 1. The molecule has 0 radical (unpaired) electrons. The minimum atomic E-state index is 0.0761. The molecule has 0 spiro atoms. The van der Waals surface area contributed by atoms with Gasteiger partial charge in [-0.1, -0.05) is 13.2 Å². The van der Waals surface area contributed by atoms with Gasteiger partial charge in [0.05, 0.1) is 18.6 Å². The van der Waals surface area contributed by atoms with Gasteiger partial charge >= 0.3 is 0 Å². The molecule has 0 atom stereocenters. The summed E-state index contributed by atoms with van der Waals surface area (Å²) in [6.45, 7) is 6.87. The normalized spacial score (nSPS) is 8.12. The summed E-state index contributed by atoms with van der Waals surface area (Å²) >= 11 is 0. The van der Waals surface area contributed by atoms with Crippen LogP contribution in [0.25, 0.3) is 0 Å². The monoisotopic (exact) mass is 114 g/mol. The molecule has 8 heavy (non-hydrogen) atoms. The first-order valence-electron chi connectivity index (χ1n) is 2.37. The van der Waals surface area contributed by atoms with Crippen LogP contribution in [0.15, 0.2) is 25.2 Å².